The molecule has 0 aliphatic carbocycles. The monoisotopic (exact) mass is 485 g/mol. The van der Waals surface area contributed by atoms with Crippen molar-refractivity contribution in [2.75, 3.05) is 16.4 Å². The number of carbonyl (C=O) groups is 3. The van der Waals surface area contributed by atoms with Crippen LogP contribution in [0.3, 0.4) is 0 Å². The van der Waals surface area contributed by atoms with Gasteiger partial charge in [-0.15, -0.1) is 11.8 Å². The van der Waals surface area contributed by atoms with Gasteiger partial charge in [0.2, 0.25) is 5.91 Å². The molecule has 3 N–H and O–H groups in total. The molecule has 3 rings (SSSR count). The first-order valence-electron chi connectivity index (χ1n) is 9.34. The van der Waals surface area contributed by atoms with Gasteiger partial charge < -0.3 is 15.7 Å². The molecule has 0 saturated carbocycles. The number of carbonyl (C=O) groups excluding carboxylic acids is 2. The summed E-state index contributed by atoms with van der Waals surface area (Å²) in [4.78, 5) is 46.6. The number of thioether (sulfide) groups is 1. The van der Waals surface area contributed by atoms with Gasteiger partial charge in [-0.1, -0.05) is 17.7 Å². The number of nitro benzene ring substituents is 1. The second kappa shape index (κ2) is 10.6. The van der Waals surface area contributed by atoms with Crippen LogP contribution in [0.5, 0.6) is 0 Å². The van der Waals surface area contributed by atoms with E-state index in [0.29, 0.717) is 5.69 Å². The summed E-state index contributed by atoms with van der Waals surface area (Å²) in [6.45, 7) is 0. The maximum absolute atomic E-state index is 12.3. The second-order valence-corrected chi connectivity index (χ2v) is 8.08. The van der Waals surface area contributed by atoms with Crippen molar-refractivity contribution in [1.29, 1.82) is 0 Å². The van der Waals surface area contributed by atoms with E-state index < -0.39 is 16.8 Å². The van der Waals surface area contributed by atoms with Gasteiger partial charge in [0.05, 0.1) is 26.9 Å². The smallest absolute Gasteiger partial charge is 0.335 e. The fraction of sp³-hybridized carbons (Fsp3) is 0.0455. The normalized spacial score (nSPS) is 10.3. The van der Waals surface area contributed by atoms with E-state index in [1.54, 1.807) is 24.3 Å². The molecule has 33 heavy (non-hydrogen) atoms. The van der Waals surface area contributed by atoms with Crippen LogP contribution in [0.25, 0.3) is 0 Å². The van der Waals surface area contributed by atoms with Crippen LogP contribution in [0.15, 0.2) is 71.6 Å². The molecule has 3 aromatic carbocycles. The van der Waals surface area contributed by atoms with Crippen LogP contribution in [0, 0.1) is 10.1 Å². The quantitative estimate of drug-likeness (QED) is 0.233. The highest BCUT2D eigenvalue weighted by molar-refractivity contribution is 8.00. The van der Waals surface area contributed by atoms with Crippen molar-refractivity contribution in [3.63, 3.8) is 0 Å². The standard InChI is InChI=1S/C22H16ClN3O6S/c23-18-9-4-14(22(29)30)11-19(18)25-20(27)12-33-17-7-5-15(6-8-17)24-21(28)13-2-1-3-16(10-13)26(31)32/h1-11H,12H2,(H,24,28)(H,25,27)(H,29,30). The topological polar surface area (TPSA) is 139 Å². The highest BCUT2D eigenvalue weighted by atomic mass is 35.5. The number of nitro groups is 1. The number of carboxylic acid groups (broad SMARTS) is 1. The zero-order valence-corrected chi connectivity index (χ0v) is 18.4. The number of benzene rings is 3. The van der Waals surface area contributed by atoms with Gasteiger partial charge in [0.25, 0.3) is 11.6 Å². The van der Waals surface area contributed by atoms with Crippen molar-refractivity contribution in [2.24, 2.45) is 0 Å². The van der Waals surface area contributed by atoms with Gasteiger partial charge >= 0.3 is 5.97 Å². The van der Waals surface area contributed by atoms with Gasteiger partial charge in [-0.3, -0.25) is 19.7 Å². The average molecular weight is 486 g/mol. The Morgan fingerprint density at radius 2 is 1.70 bits per heavy atom. The Morgan fingerprint density at radius 1 is 0.970 bits per heavy atom. The van der Waals surface area contributed by atoms with E-state index in [4.69, 9.17) is 16.7 Å². The molecule has 9 nitrogen and oxygen atoms in total. The van der Waals surface area contributed by atoms with E-state index in [1.807, 2.05) is 0 Å². The first-order chi connectivity index (χ1) is 15.7. The Hall–Kier alpha value is -3.89. The van der Waals surface area contributed by atoms with Gasteiger partial charge in [-0.05, 0) is 48.5 Å². The number of aromatic carboxylic acids is 1. The number of non-ortho nitro benzene ring substituents is 1. The molecule has 0 heterocycles. The third-order valence-corrected chi connectivity index (χ3v) is 5.63. The number of nitrogens with zero attached hydrogens (tertiary/aromatic N) is 1. The second-order valence-electron chi connectivity index (χ2n) is 6.62. The van der Waals surface area contributed by atoms with E-state index in [1.165, 1.54) is 54.2 Å². The molecule has 0 aliphatic heterocycles. The molecule has 0 spiro atoms. The summed E-state index contributed by atoms with van der Waals surface area (Å²) in [5.74, 6) is -1.94. The number of carboxylic acids is 1. The fourth-order valence-corrected chi connectivity index (χ4v) is 3.55. The lowest BCUT2D eigenvalue weighted by atomic mass is 10.2. The SMILES string of the molecule is O=C(CSc1ccc(NC(=O)c2cccc([N+](=O)[O-])c2)cc1)Nc1cc(C(=O)O)ccc1Cl. The summed E-state index contributed by atoms with van der Waals surface area (Å²) in [5, 5.41) is 25.4. The molecule has 0 saturated heterocycles. The van der Waals surface area contributed by atoms with E-state index >= 15 is 0 Å². The molecule has 0 aromatic heterocycles. The molecule has 0 unspecified atom stereocenters. The van der Waals surface area contributed by atoms with Gasteiger partial charge in [-0.2, -0.15) is 0 Å². The molecule has 0 aliphatic rings. The molecule has 0 bridgehead atoms. The van der Waals surface area contributed by atoms with Crippen molar-refractivity contribution >= 4 is 58.2 Å². The van der Waals surface area contributed by atoms with Crippen molar-refractivity contribution in [1.82, 2.24) is 0 Å². The molecule has 0 atom stereocenters. The van der Waals surface area contributed by atoms with E-state index in [-0.39, 0.29) is 39.2 Å². The number of hydrogen-bond acceptors (Lipinski definition) is 6. The van der Waals surface area contributed by atoms with Crippen LogP contribution in [0.2, 0.25) is 5.02 Å². The molecular formula is C22H16ClN3O6S. The lowest BCUT2D eigenvalue weighted by Gasteiger charge is -2.09. The zero-order valence-electron chi connectivity index (χ0n) is 16.8. The van der Waals surface area contributed by atoms with Gasteiger partial charge in [0, 0.05) is 28.3 Å². The molecule has 168 valence electrons. The van der Waals surface area contributed by atoms with Crippen molar-refractivity contribution in [3.8, 4) is 0 Å². The van der Waals surface area contributed by atoms with Crippen LogP contribution in [0.4, 0.5) is 17.1 Å². The first kappa shape index (κ1) is 23.8. The summed E-state index contributed by atoms with van der Waals surface area (Å²) in [5.41, 5.74) is 0.678. The Balaban J connectivity index is 1.55. The molecule has 11 heteroatoms. The molecule has 2 amide bonds. The summed E-state index contributed by atoms with van der Waals surface area (Å²) in [6.07, 6.45) is 0. The third-order valence-electron chi connectivity index (χ3n) is 4.29. The summed E-state index contributed by atoms with van der Waals surface area (Å²) in [7, 11) is 0. The van der Waals surface area contributed by atoms with E-state index in [2.05, 4.69) is 10.6 Å². The summed E-state index contributed by atoms with van der Waals surface area (Å²) in [6, 6.07) is 16.1. The molecule has 0 fully saturated rings. The van der Waals surface area contributed by atoms with Gasteiger partial charge in [0.1, 0.15) is 0 Å². The average Bonchev–Trinajstić information content (AvgIpc) is 2.80. The largest absolute Gasteiger partial charge is 0.478 e. The predicted molar refractivity (Wildman–Crippen MR) is 125 cm³/mol. The third kappa shape index (κ3) is 6.55. The number of rotatable bonds is 8. The van der Waals surface area contributed by atoms with E-state index in [0.717, 1.165) is 4.90 Å². The number of anilines is 2. The van der Waals surface area contributed by atoms with Crippen molar-refractivity contribution in [2.45, 2.75) is 4.90 Å². The minimum atomic E-state index is -1.13. The highest BCUT2D eigenvalue weighted by Gasteiger charge is 2.13. The fourth-order valence-electron chi connectivity index (χ4n) is 2.69. The summed E-state index contributed by atoms with van der Waals surface area (Å²) < 4.78 is 0. The maximum atomic E-state index is 12.3. The maximum Gasteiger partial charge on any atom is 0.335 e. The number of hydrogen-bond donors (Lipinski definition) is 3. The highest BCUT2D eigenvalue weighted by Crippen LogP contribution is 2.25. The Bertz CT molecular complexity index is 1230. The zero-order chi connectivity index (χ0) is 24.0. The lowest BCUT2D eigenvalue weighted by molar-refractivity contribution is -0.384. The Labute approximate surface area is 196 Å². The Kier molecular flexibility index (Phi) is 7.65. The van der Waals surface area contributed by atoms with E-state index in [9.17, 15) is 24.5 Å². The van der Waals surface area contributed by atoms with Crippen LogP contribution in [-0.4, -0.2) is 33.6 Å². The summed E-state index contributed by atoms with van der Waals surface area (Å²) >= 11 is 7.24. The molecule has 3 aromatic rings. The number of halogens is 1. The van der Waals surface area contributed by atoms with Crippen LogP contribution in [0.1, 0.15) is 20.7 Å². The minimum absolute atomic E-state index is 0.00472. The van der Waals surface area contributed by atoms with Crippen molar-refractivity contribution < 1.29 is 24.4 Å². The molecular weight excluding hydrogens is 470 g/mol. The Morgan fingerprint density at radius 3 is 2.36 bits per heavy atom. The van der Waals surface area contributed by atoms with Crippen LogP contribution >= 0.6 is 23.4 Å². The molecule has 0 radical (unpaired) electrons. The number of nitrogens with one attached hydrogen (secondary N) is 2. The van der Waals surface area contributed by atoms with Gasteiger partial charge in [-0.25, -0.2) is 4.79 Å². The predicted octanol–water partition coefficient (Wildman–Crippen LogP) is 4.93. The van der Waals surface area contributed by atoms with Crippen molar-refractivity contribution in [3.05, 3.63) is 93.0 Å². The van der Waals surface area contributed by atoms with Crippen LogP contribution in [-0.2, 0) is 4.79 Å². The first-order valence-corrected chi connectivity index (χ1v) is 10.7. The number of amides is 2. The lowest BCUT2D eigenvalue weighted by Crippen LogP contribution is -2.15. The van der Waals surface area contributed by atoms with Crippen LogP contribution < -0.4 is 10.6 Å². The minimum Gasteiger partial charge on any atom is -0.478 e. The van der Waals surface area contributed by atoms with Gasteiger partial charge in [0.15, 0.2) is 0 Å².